The average Bonchev–Trinajstić information content (AvgIpc) is 2.58. The quantitative estimate of drug-likeness (QED) is 0.585. The lowest BCUT2D eigenvalue weighted by atomic mass is 10.1. The highest BCUT2D eigenvalue weighted by Gasteiger charge is 2.10. The second-order valence-corrected chi connectivity index (χ2v) is 4.35. The summed E-state index contributed by atoms with van der Waals surface area (Å²) < 4.78 is 2.33. The van der Waals surface area contributed by atoms with Gasteiger partial charge in [-0.2, -0.15) is 5.10 Å². The van der Waals surface area contributed by atoms with Gasteiger partial charge in [0.1, 0.15) is 0 Å². The Kier molecular flexibility index (Phi) is 3.18. The molecule has 0 saturated heterocycles. The predicted octanol–water partition coefficient (Wildman–Crippen LogP) is 2.87. The fourth-order valence-corrected chi connectivity index (χ4v) is 2.20. The lowest BCUT2D eigenvalue weighted by molar-refractivity contribution is 0.440. The summed E-state index contributed by atoms with van der Waals surface area (Å²) in [6, 6.07) is 8.49. The minimum atomic E-state index is 0.988. The number of aryl methyl sites for hydroxylation is 1. The number of nitrogens with zero attached hydrogens (tertiary/aromatic N) is 3. The van der Waals surface area contributed by atoms with E-state index in [1.807, 2.05) is 25.3 Å². The third kappa shape index (κ3) is 2.05. The summed E-state index contributed by atoms with van der Waals surface area (Å²) >= 11 is 0. The molecule has 0 unspecified atom stereocenters. The second-order valence-electron chi connectivity index (χ2n) is 4.35. The second kappa shape index (κ2) is 4.62. The molecule has 2 aromatic rings. The summed E-state index contributed by atoms with van der Waals surface area (Å²) in [5.74, 6) is 0. The van der Waals surface area contributed by atoms with Crippen LogP contribution in [0, 0.1) is 6.92 Å². The smallest absolute Gasteiger partial charge is 0.0566 e. The average molecular weight is 229 g/mol. The van der Waals surface area contributed by atoms with Crippen molar-refractivity contribution in [3.05, 3.63) is 35.5 Å². The zero-order valence-corrected chi connectivity index (χ0v) is 10.9. The summed E-state index contributed by atoms with van der Waals surface area (Å²) in [5.41, 5.74) is 3.78. The largest absolute Gasteiger partial charge is 0.344 e. The molecule has 0 fully saturated rings. The fourth-order valence-electron chi connectivity index (χ4n) is 2.20. The molecule has 3 heteroatoms. The number of fused-ring (bicyclic) bond motifs is 1. The van der Waals surface area contributed by atoms with Gasteiger partial charge in [0, 0.05) is 42.8 Å². The summed E-state index contributed by atoms with van der Waals surface area (Å²) in [5, 5.41) is 7.44. The molecule has 2 rings (SSSR count). The van der Waals surface area contributed by atoms with E-state index in [4.69, 9.17) is 0 Å². The van der Waals surface area contributed by atoms with E-state index in [0.717, 1.165) is 6.54 Å². The zero-order valence-electron chi connectivity index (χ0n) is 10.9. The number of hydrogen-bond acceptors (Lipinski definition) is 2. The molecule has 0 amide bonds. The van der Waals surface area contributed by atoms with Crippen LogP contribution >= 0.6 is 0 Å². The van der Waals surface area contributed by atoms with E-state index < -0.39 is 0 Å². The van der Waals surface area contributed by atoms with Crippen LogP contribution in [0.4, 0.5) is 0 Å². The Bertz CT molecular complexity index is 550. The SMILES string of the molecule is CCn1c(C)c(/C=N/N(C)C)c2ccccc21. The molecule has 1 aromatic carbocycles. The van der Waals surface area contributed by atoms with Gasteiger partial charge in [-0.05, 0) is 19.9 Å². The third-order valence-corrected chi connectivity index (χ3v) is 3.01. The number of hydrazone groups is 1. The molecule has 0 aliphatic heterocycles. The standard InChI is InChI=1S/C14H19N3/c1-5-17-11(2)13(10-15-16(3)4)12-8-6-7-9-14(12)17/h6-10H,5H2,1-4H3/b15-10+. The lowest BCUT2D eigenvalue weighted by Gasteiger charge is -2.04. The number of rotatable bonds is 3. The van der Waals surface area contributed by atoms with Crippen molar-refractivity contribution in [3.63, 3.8) is 0 Å². The maximum atomic E-state index is 4.35. The van der Waals surface area contributed by atoms with Crippen molar-refractivity contribution in [2.45, 2.75) is 20.4 Å². The summed E-state index contributed by atoms with van der Waals surface area (Å²) in [7, 11) is 3.87. The Labute approximate surface area is 102 Å². The Morgan fingerprint density at radius 2 is 2.00 bits per heavy atom. The van der Waals surface area contributed by atoms with Crippen LogP contribution in [0.25, 0.3) is 10.9 Å². The van der Waals surface area contributed by atoms with Gasteiger partial charge < -0.3 is 9.58 Å². The molecule has 0 saturated carbocycles. The van der Waals surface area contributed by atoms with Crippen LogP contribution in [-0.4, -0.2) is 29.9 Å². The zero-order chi connectivity index (χ0) is 12.4. The fraction of sp³-hybridized carbons (Fsp3) is 0.357. The van der Waals surface area contributed by atoms with E-state index >= 15 is 0 Å². The predicted molar refractivity (Wildman–Crippen MR) is 73.6 cm³/mol. The van der Waals surface area contributed by atoms with Crippen LogP contribution in [-0.2, 0) is 6.54 Å². The lowest BCUT2D eigenvalue weighted by Crippen LogP contribution is -2.03. The first-order valence-corrected chi connectivity index (χ1v) is 5.94. The van der Waals surface area contributed by atoms with Gasteiger partial charge >= 0.3 is 0 Å². The van der Waals surface area contributed by atoms with Crippen molar-refractivity contribution in [3.8, 4) is 0 Å². The normalized spacial score (nSPS) is 11.5. The maximum Gasteiger partial charge on any atom is 0.0566 e. The number of benzene rings is 1. The van der Waals surface area contributed by atoms with Gasteiger partial charge in [0.25, 0.3) is 0 Å². The highest BCUT2D eigenvalue weighted by atomic mass is 15.4. The molecule has 0 radical (unpaired) electrons. The number of para-hydroxylation sites is 1. The Morgan fingerprint density at radius 1 is 1.29 bits per heavy atom. The van der Waals surface area contributed by atoms with Crippen LogP contribution in [0.3, 0.4) is 0 Å². The van der Waals surface area contributed by atoms with Gasteiger partial charge in [-0.15, -0.1) is 0 Å². The molecule has 1 heterocycles. The molecule has 0 bridgehead atoms. The first-order chi connectivity index (χ1) is 8.15. The van der Waals surface area contributed by atoms with Gasteiger partial charge in [0.15, 0.2) is 0 Å². The molecule has 0 N–H and O–H groups in total. The highest BCUT2D eigenvalue weighted by Crippen LogP contribution is 2.24. The molecule has 3 nitrogen and oxygen atoms in total. The van der Waals surface area contributed by atoms with E-state index in [9.17, 15) is 0 Å². The number of hydrogen-bond donors (Lipinski definition) is 0. The summed E-state index contributed by atoms with van der Waals surface area (Å²) in [6.07, 6.45) is 1.95. The van der Waals surface area contributed by atoms with Crippen molar-refractivity contribution < 1.29 is 0 Å². The Balaban J connectivity index is 2.66. The Hall–Kier alpha value is -1.77. The molecule has 0 aliphatic carbocycles. The maximum absolute atomic E-state index is 4.35. The van der Waals surface area contributed by atoms with Crippen molar-refractivity contribution in [2.24, 2.45) is 5.10 Å². The van der Waals surface area contributed by atoms with Gasteiger partial charge in [-0.1, -0.05) is 18.2 Å². The van der Waals surface area contributed by atoms with E-state index in [2.05, 4.69) is 47.8 Å². The molecule has 17 heavy (non-hydrogen) atoms. The highest BCUT2D eigenvalue weighted by molar-refractivity contribution is 6.01. The van der Waals surface area contributed by atoms with Gasteiger partial charge in [-0.3, -0.25) is 0 Å². The monoisotopic (exact) mass is 229 g/mol. The summed E-state index contributed by atoms with van der Waals surface area (Å²) in [6.45, 7) is 5.31. The van der Waals surface area contributed by atoms with E-state index in [-0.39, 0.29) is 0 Å². The topological polar surface area (TPSA) is 20.5 Å². The van der Waals surface area contributed by atoms with Crippen molar-refractivity contribution >= 4 is 17.1 Å². The van der Waals surface area contributed by atoms with Crippen molar-refractivity contribution in [1.82, 2.24) is 9.58 Å². The van der Waals surface area contributed by atoms with Crippen LogP contribution in [0.15, 0.2) is 29.4 Å². The molecule has 1 aromatic heterocycles. The van der Waals surface area contributed by atoms with E-state index in [1.165, 1.54) is 22.2 Å². The van der Waals surface area contributed by atoms with Crippen LogP contribution in [0.2, 0.25) is 0 Å². The summed E-state index contributed by atoms with van der Waals surface area (Å²) in [4.78, 5) is 0. The molecule has 0 aliphatic rings. The van der Waals surface area contributed by atoms with Gasteiger partial charge in [0.2, 0.25) is 0 Å². The van der Waals surface area contributed by atoms with Crippen LogP contribution in [0.1, 0.15) is 18.2 Å². The van der Waals surface area contributed by atoms with E-state index in [1.54, 1.807) is 0 Å². The Morgan fingerprint density at radius 3 is 2.65 bits per heavy atom. The molecular formula is C14H19N3. The molecule has 0 spiro atoms. The van der Waals surface area contributed by atoms with Crippen LogP contribution in [0.5, 0.6) is 0 Å². The molecular weight excluding hydrogens is 210 g/mol. The third-order valence-electron chi connectivity index (χ3n) is 3.01. The number of aromatic nitrogens is 1. The van der Waals surface area contributed by atoms with Crippen molar-refractivity contribution in [1.29, 1.82) is 0 Å². The van der Waals surface area contributed by atoms with Crippen molar-refractivity contribution in [2.75, 3.05) is 14.1 Å². The molecule has 90 valence electrons. The minimum absolute atomic E-state index is 0.988. The van der Waals surface area contributed by atoms with Crippen LogP contribution < -0.4 is 0 Å². The molecule has 0 atom stereocenters. The first-order valence-electron chi connectivity index (χ1n) is 5.94. The first kappa shape index (κ1) is 11.7. The van der Waals surface area contributed by atoms with E-state index in [0.29, 0.717) is 0 Å². The van der Waals surface area contributed by atoms with Gasteiger partial charge in [-0.25, -0.2) is 0 Å². The van der Waals surface area contributed by atoms with Gasteiger partial charge in [0.05, 0.1) is 6.21 Å². The minimum Gasteiger partial charge on any atom is -0.344 e.